The zero-order valence-corrected chi connectivity index (χ0v) is 9.92. The van der Waals surface area contributed by atoms with Gasteiger partial charge in [-0.1, -0.05) is 0 Å². The van der Waals surface area contributed by atoms with Crippen molar-refractivity contribution in [3.63, 3.8) is 0 Å². The molecule has 1 N–H and O–H groups in total. The Balaban J connectivity index is 2.61. The highest BCUT2D eigenvalue weighted by Crippen LogP contribution is 2.03. The summed E-state index contributed by atoms with van der Waals surface area (Å²) < 4.78 is 6.28. The Kier molecular flexibility index (Phi) is 4.71. The highest BCUT2D eigenvalue weighted by Gasteiger charge is 2.14. The predicted molar refractivity (Wildman–Crippen MR) is 60.9 cm³/mol. The van der Waals surface area contributed by atoms with E-state index in [-0.39, 0.29) is 18.1 Å². The molecule has 0 aliphatic heterocycles. The Morgan fingerprint density at radius 2 is 2.24 bits per heavy atom. The molecule has 1 rings (SSSR count). The highest BCUT2D eigenvalue weighted by molar-refractivity contribution is 5.86. The van der Waals surface area contributed by atoms with Crippen LogP contribution in [-0.4, -0.2) is 53.8 Å². The Bertz CT molecular complexity index is 400. The zero-order valence-electron chi connectivity index (χ0n) is 9.92. The van der Waals surface area contributed by atoms with Crippen LogP contribution in [-0.2, 0) is 16.1 Å². The van der Waals surface area contributed by atoms with Crippen molar-refractivity contribution in [1.29, 1.82) is 0 Å². The van der Waals surface area contributed by atoms with Crippen LogP contribution in [0.5, 0.6) is 0 Å². The van der Waals surface area contributed by atoms with E-state index in [1.165, 1.54) is 15.5 Å². The highest BCUT2D eigenvalue weighted by atomic mass is 16.5. The number of hydrogen-bond acceptors (Lipinski definition) is 3. The maximum atomic E-state index is 11.7. The topological polar surface area (TPSA) is 71.8 Å². The van der Waals surface area contributed by atoms with Crippen molar-refractivity contribution in [2.75, 3.05) is 27.3 Å². The summed E-state index contributed by atoms with van der Waals surface area (Å²) in [7, 11) is 3.22. The second-order valence-electron chi connectivity index (χ2n) is 3.63. The average molecular weight is 240 g/mol. The Hall–Kier alpha value is -1.82. The van der Waals surface area contributed by atoms with Gasteiger partial charge in [-0.2, -0.15) is 0 Å². The molecule has 94 valence electrons. The second-order valence-corrected chi connectivity index (χ2v) is 3.63. The molecule has 0 aromatic carbocycles. The maximum absolute atomic E-state index is 11.7. The van der Waals surface area contributed by atoms with Crippen LogP contribution in [0.2, 0.25) is 0 Å². The summed E-state index contributed by atoms with van der Waals surface area (Å²) in [6, 6.07) is 3.07. The van der Waals surface area contributed by atoms with E-state index in [1.807, 2.05) is 0 Å². The SMILES string of the molecule is COCCN(C)C(=O)Cn1cccc1C(=O)O. The number of rotatable bonds is 6. The summed E-state index contributed by atoms with van der Waals surface area (Å²) in [4.78, 5) is 24.1. The number of ether oxygens (including phenoxy) is 1. The molecule has 0 radical (unpaired) electrons. The first-order chi connectivity index (χ1) is 8.06. The molecule has 1 amide bonds. The average Bonchev–Trinajstić information content (AvgIpc) is 2.73. The molecule has 0 fully saturated rings. The molecule has 6 heteroatoms. The van der Waals surface area contributed by atoms with E-state index >= 15 is 0 Å². The zero-order chi connectivity index (χ0) is 12.8. The Morgan fingerprint density at radius 3 is 2.82 bits per heavy atom. The van der Waals surface area contributed by atoms with Gasteiger partial charge in [0.2, 0.25) is 5.91 Å². The van der Waals surface area contributed by atoms with Crippen LogP contribution in [0.4, 0.5) is 0 Å². The fourth-order valence-corrected chi connectivity index (χ4v) is 1.37. The standard InChI is InChI=1S/C11H16N2O4/c1-12(6-7-17-2)10(14)8-13-5-3-4-9(13)11(15)16/h3-5H,6-8H2,1-2H3,(H,15,16). The van der Waals surface area contributed by atoms with Crippen molar-refractivity contribution in [1.82, 2.24) is 9.47 Å². The van der Waals surface area contributed by atoms with Gasteiger partial charge in [-0.3, -0.25) is 4.79 Å². The summed E-state index contributed by atoms with van der Waals surface area (Å²) in [5, 5.41) is 8.88. The molecule has 0 bridgehead atoms. The lowest BCUT2D eigenvalue weighted by atomic mass is 10.4. The molecule has 0 atom stereocenters. The lowest BCUT2D eigenvalue weighted by Gasteiger charge is -2.17. The normalized spacial score (nSPS) is 10.2. The number of nitrogens with zero attached hydrogens (tertiary/aromatic N) is 2. The van der Waals surface area contributed by atoms with Crippen LogP contribution in [0.3, 0.4) is 0 Å². The van der Waals surface area contributed by atoms with Crippen LogP contribution in [0.15, 0.2) is 18.3 Å². The minimum absolute atomic E-state index is 0.0227. The molecule has 0 aliphatic carbocycles. The molecule has 0 saturated carbocycles. The maximum Gasteiger partial charge on any atom is 0.352 e. The van der Waals surface area contributed by atoms with Gasteiger partial charge in [0, 0.05) is 26.9 Å². The number of carbonyl (C=O) groups is 2. The molecule has 1 aromatic rings. The number of aromatic nitrogens is 1. The van der Waals surface area contributed by atoms with Crippen molar-refractivity contribution in [2.24, 2.45) is 0 Å². The lowest BCUT2D eigenvalue weighted by Crippen LogP contribution is -2.33. The molecule has 1 aromatic heterocycles. The first-order valence-corrected chi connectivity index (χ1v) is 5.17. The van der Waals surface area contributed by atoms with Gasteiger partial charge >= 0.3 is 5.97 Å². The number of carbonyl (C=O) groups excluding carboxylic acids is 1. The Morgan fingerprint density at radius 1 is 1.53 bits per heavy atom. The minimum Gasteiger partial charge on any atom is -0.477 e. The van der Waals surface area contributed by atoms with E-state index in [0.717, 1.165) is 0 Å². The molecule has 0 saturated heterocycles. The third kappa shape index (κ3) is 3.60. The van der Waals surface area contributed by atoms with Crippen LogP contribution in [0.1, 0.15) is 10.5 Å². The molecule has 17 heavy (non-hydrogen) atoms. The first kappa shape index (κ1) is 13.2. The molecular weight excluding hydrogens is 224 g/mol. The number of likely N-dealkylation sites (N-methyl/N-ethyl adjacent to an activating group) is 1. The lowest BCUT2D eigenvalue weighted by molar-refractivity contribution is -0.131. The smallest absolute Gasteiger partial charge is 0.352 e. The number of carboxylic acid groups (broad SMARTS) is 1. The number of hydrogen-bond donors (Lipinski definition) is 1. The first-order valence-electron chi connectivity index (χ1n) is 5.17. The van der Waals surface area contributed by atoms with Gasteiger partial charge in [0.1, 0.15) is 12.2 Å². The van der Waals surface area contributed by atoms with Gasteiger partial charge in [-0.25, -0.2) is 4.79 Å². The van der Waals surface area contributed by atoms with Crippen LogP contribution >= 0.6 is 0 Å². The van der Waals surface area contributed by atoms with Crippen molar-refractivity contribution in [3.8, 4) is 0 Å². The predicted octanol–water partition coefficient (Wildman–Crippen LogP) is 0.291. The third-order valence-electron chi connectivity index (χ3n) is 2.41. The number of amides is 1. The van der Waals surface area contributed by atoms with E-state index in [2.05, 4.69) is 0 Å². The van der Waals surface area contributed by atoms with Gasteiger partial charge in [0.05, 0.1) is 6.61 Å². The van der Waals surface area contributed by atoms with Crippen LogP contribution < -0.4 is 0 Å². The van der Waals surface area contributed by atoms with Gasteiger partial charge < -0.3 is 19.3 Å². The van der Waals surface area contributed by atoms with Crippen molar-refractivity contribution in [3.05, 3.63) is 24.0 Å². The molecular formula is C11H16N2O4. The van der Waals surface area contributed by atoms with Crippen LogP contribution in [0, 0.1) is 0 Å². The van der Waals surface area contributed by atoms with Crippen molar-refractivity contribution < 1.29 is 19.4 Å². The second kappa shape index (κ2) is 6.05. The quantitative estimate of drug-likeness (QED) is 0.775. The van der Waals surface area contributed by atoms with Crippen molar-refractivity contribution >= 4 is 11.9 Å². The number of aromatic carboxylic acids is 1. The third-order valence-corrected chi connectivity index (χ3v) is 2.41. The monoisotopic (exact) mass is 240 g/mol. The summed E-state index contributed by atoms with van der Waals surface area (Å²) in [6.45, 7) is 0.966. The van der Waals surface area contributed by atoms with E-state index in [1.54, 1.807) is 26.4 Å². The molecule has 0 spiro atoms. The van der Waals surface area contributed by atoms with Gasteiger partial charge in [-0.05, 0) is 12.1 Å². The fraction of sp³-hybridized carbons (Fsp3) is 0.455. The van der Waals surface area contributed by atoms with Gasteiger partial charge in [-0.15, -0.1) is 0 Å². The molecule has 0 unspecified atom stereocenters. The molecule has 1 heterocycles. The summed E-state index contributed by atoms with van der Waals surface area (Å²) in [6.07, 6.45) is 1.57. The largest absolute Gasteiger partial charge is 0.477 e. The van der Waals surface area contributed by atoms with Gasteiger partial charge in [0.15, 0.2) is 0 Å². The number of methoxy groups -OCH3 is 1. The molecule has 0 aliphatic rings. The summed E-state index contributed by atoms with van der Waals surface area (Å²) in [5.41, 5.74) is 0.110. The van der Waals surface area contributed by atoms with Crippen LogP contribution in [0.25, 0.3) is 0 Å². The van der Waals surface area contributed by atoms with E-state index in [4.69, 9.17) is 9.84 Å². The van der Waals surface area contributed by atoms with E-state index in [9.17, 15) is 9.59 Å². The Labute approximate surface area is 99.4 Å². The van der Waals surface area contributed by atoms with E-state index < -0.39 is 5.97 Å². The minimum atomic E-state index is -1.04. The summed E-state index contributed by atoms with van der Waals surface area (Å²) >= 11 is 0. The summed E-state index contributed by atoms with van der Waals surface area (Å²) in [5.74, 6) is -1.19. The van der Waals surface area contributed by atoms with E-state index in [0.29, 0.717) is 13.2 Å². The number of carboxylic acids is 1. The van der Waals surface area contributed by atoms with Gasteiger partial charge in [0.25, 0.3) is 0 Å². The fourth-order valence-electron chi connectivity index (χ4n) is 1.37. The van der Waals surface area contributed by atoms with Crippen molar-refractivity contribution in [2.45, 2.75) is 6.54 Å². The molecule has 6 nitrogen and oxygen atoms in total.